The van der Waals surface area contributed by atoms with Crippen molar-refractivity contribution in [2.45, 2.75) is 12.5 Å². The molecule has 1 aliphatic rings. The predicted molar refractivity (Wildman–Crippen MR) is 278 cm³/mol. The minimum atomic E-state index is 0.0520. The van der Waals surface area contributed by atoms with Crippen LogP contribution in [0.3, 0.4) is 0 Å². The molecule has 1 aromatic heterocycles. The van der Waals surface area contributed by atoms with Crippen LogP contribution in [0, 0.1) is 12.1 Å². The van der Waals surface area contributed by atoms with Crippen LogP contribution in [0.4, 0.5) is 11.4 Å². The molecule has 10 aromatic carbocycles. The van der Waals surface area contributed by atoms with E-state index in [0.717, 1.165) is 40.2 Å². The van der Waals surface area contributed by atoms with Crippen molar-refractivity contribution in [3.05, 3.63) is 266 Å². The van der Waals surface area contributed by atoms with Gasteiger partial charge in [0.15, 0.2) is 0 Å². The lowest BCUT2D eigenvalue weighted by Gasteiger charge is -2.34. The predicted octanol–water partition coefficient (Wildman–Crippen LogP) is 16.8. The molecule has 2 heteroatoms. The Morgan fingerprint density at radius 1 is 0.455 bits per heavy atom. The number of benzene rings is 9. The number of rotatable bonds is 9. The Morgan fingerprint density at radius 3 is 1.71 bits per heavy atom. The summed E-state index contributed by atoms with van der Waals surface area (Å²) in [4.78, 5) is 2.52. The lowest BCUT2D eigenvalue weighted by atomic mass is 9.91. The fourth-order valence-electron chi connectivity index (χ4n) is 10.0. The highest BCUT2D eigenvalue weighted by Gasteiger charge is 2.24. The summed E-state index contributed by atoms with van der Waals surface area (Å²) in [6.07, 6.45) is 8.05. The largest absolute Gasteiger partial charge is 0.334 e. The first kappa shape index (κ1) is 39.0. The van der Waals surface area contributed by atoms with E-state index in [1.165, 1.54) is 71.5 Å². The van der Waals surface area contributed by atoms with Crippen molar-refractivity contribution < 1.29 is 0 Å². The Morgan fingerprint density at radius 2 is 1.05 bits per heavy atom. The second-order valence-electron chi connectivity index (χ2n) is 17.1. The zero-order valence-electron chi connectivity index (χ0n) is 36.4. The summed E-state index contributed by atoms with van der Waals surface area (Å²) < 4.78 is 2.46. The van der Waals surface area contributed by atoms with Crippen LogP contribution in [0.2, 0.25) is 0 Å². The zero-order chi connectivity index (χ0) is 43.8. The van der Waals surface area contributed by atoms with Gasteiger partial charge < -0.3 is 9.47 Å². The van der Waals surface area contributed by atoms with E-state index in [4.69, 9.17) is 0 Å². The van der Waals surface area contributed by atoms with Crippen molar-refractivity contribution in [3.8, 4) is 50.2 Å². The molecule has 66 heavy (non-hydrogen) atoms. The van der Waals surface area contributed by atoms with Crippen LogP contribution < -0.4 is 4.90 Å². The van der Waals surface area contributed by atoms with Crippen molar-refractivity contribution >= 4 is 49.5 Å². The first-order valence-electron chi connectivity index (χ1n) is 22.8. The van der Waals surface area contributed by atoms with E-state index in [1.807, 2.05) is 12.1 Å². The van der Waals surface area contributed by atoms with Gasteiger partial charge in [0, 0.05) is 33.2 Å². The van der Waals surface area contributed by atoms with Gasteiger partial charge in [-0.1, -0.05) is 182 Å². The second-order valence-corrected chi connectivity index (χ2v) is 17.1. The molecule has 1 unspecified atom stereocenters. The number of para-hydroxylation sites is 1. The number of aromatic nitrogens is 1. The highest BCUT2D eigenvalue weighted by Crippen LogP contribution is 2.43. The SMILES string of the molecule is c1ccc(-c2cc(-c3ccccc3)cc(-c3ccc(N(c4ccc(-c5ccccc5)cc4)C4C=C(c5cccc6c5c5ccc7ccccc7c5n6-c5ccccc5)C=CC4)cc3)c2)cc#1. The molecule has 1 heterocycles. The van der Waals surface area contributed by atoms with E-state index in [2.05, 4.69) is 258 Å². The molecule has 12 rings (SSSR count). The fourth-order valence-corrected chi connectivity index (χ4v) is 10.0. The maximum atomic E-state index is 3.16. The average Bonchev–Trinajstić information content (AvgIpc) is 3.75. The molecular formula is C64H44N2. The van der Waals surface area contributed by atoms with E-state index in [1.54, 1.807) is 0 Å². The minimum Gasteiger partial charge on any atom is -0.334 e. The van der Waals surface area contributed by atoms with Crippen LogP contribution in [0.25, 0.3) is 88.3 Å². The monoisotopic (exact) mass is 840 g/mol. The Bertz CT molecular complexity index is 3510. The van der Waals surface area contributed by atoms with Crippen LogP contribution in [0.1, 0.15) is 12.0 Å². The van der Waals surface area contributed by atoms with E-state index in [0.29, 0.717) is 0 Å². The van der Waals surface area contributed by atoms with E-state index in [9.17, 15) is 0 Å². The Hall–Kier alpha value is -8.64. The first-order chi connectivity index (χ1) is 32.7. The summed E-state index contributed by atoms with van der Waals surface area (Å²) in [7, 11) is 0. The molecule has 0 bridgehead atoms. The van der Waals surface area contributed by atoms with Gasteiger partial charge in [-0.05, 0) is 146 Å². The molecule has 0 spiro atoms. The molecule has 0 radical (unpaired) electrons. The van der Waals surface area contributed by atoms with Crippen molar-refractivity contribution in [2.75, 3.05) is 4.90 Å². The minimum absolute atomic E-state index is 0.0520. The molecule has 1 aliphatic carbocycles. The third-order valence-electron chi connectivity index (χ3n) is 13.1. The van der Waals surface area contributed by atoms with Gasteiger partial charge in [-0.15, -0.1) is 0 Å². The first-order valence-corrected chi connectivity index (χ1v) is 22.8. The molecule has 0 amide bonds. The number of hydrogen-bond acceptors (Lipinski definition) is 1. The lowest BCUT2D eigenvalue weighted by Crippen LogP contribution is -2.30. The normalized spacial score (nSPS) is 13.5. The van der Waals surface area contributed by atoms with Gasteiger partial charge in [0.25, 0.3) is 0 Å². The van der Waals surface area contributed by atoms with Crippen LogP contribution >= 0.6 is 0 Å². The van der Waals surface area contributed by atoms with Crippen LogP contribution in [0.15, 0.2) is 249 Å². The zero-order valence-corrected chi connectivity index (χ0v) is 36.4. The molecule has 2 nitrogen and oxygen atoms in total. The smallest absolute Gasteiger partial charge is 0.0619 e. The summed E-state index contributed by atoms with van der Waals surface area (Å²) in [6, 6.07) is 89.7. The number of nitrogens with zero attached hydrogens (tertiary/aromatic N) is 2. The fraction of sp³-hybridized carbons (Fsp3) is 0.0312. The van der Waals surface area contributed by atoms with Crippen LogP contribution in [0.5, 0.6) is 0 Å². The summed E-state index contributed by atoms with van der Waals surface area (Å²) >= 11 is 0. The van der Waals surface area contributed by atoms with Crippen LogP contribution in [-0.4, -0.2) is 10.6 Å². The molecule has 0 aliphatic heterocycles. The lowest BCUT2D eigenvalue weighted by molar-refractivity contribution is 0.788. The highest BCUT2D eigenvalue weighted by atomic mass is 15.2. The highest BCUT2D eigenvalue weighted by molar-refractivity contribution is 6.21. The van der Waals surface area contributed by atoms with E-state index >= 15 is 0 Å². The summed E-state index contributed by atoms with van der Waals surface area (Å²) in [6.45, 7) is 0. The van der Waals surface area contributed by atoms with Gasteiger partial charge in [-0.2, -0.15) is 0 Å². The Balaban J connectivity index is 0.987. The third-order valence-corrected chi connectivity index (χ3v) is 13.1. The molecular weight excluding hydrogens is 797 g/mol. The maximum absolute atomic E-state index is 3.16. The quantitative estimate of drug-likeness (QED) is 0.141. The maximum Gasteiger partial charge on any atom is 0.0619 e. The molecule has 0 fully saturated rings. The number of anilines is 2. The van der Waals surface area contributed by atoms with Crippen molar-refractivity contribution in [2.24, 2.45) is 0 Å². The average molecular weight is 841 g/mol. The number of fused-ring (bicyclic) bond motifs is 5. The van der Waals surface area contributed by atoms with Gasteiger partial charge in [-0.3, -0.25) is 0 Å². The van der Waals surface area contributed by atoms with Gasteiger partial charge >= 0.3 is 0 Å². The van der Waals surface area contributed by atoms with Crippen LogP contribution in [-0.2, 0) is 0 Å². The van der Waals surface area contributed by atoms with Crippen molar-refractivity contribution in [1.82, 2.24) is 4.57 Å². The summed E-state index contributed by atoms with van der Waals surface area (Å²) in [5.41, 5.74) is 17.7. The third kappa shape index (κ3) is 7.14. The summed E-state index contributed by atoms with van der Waals surface area (Å²) in [5.74, 6) is 0. The molecule has 310 valence electrons. The topological polar surface area (TPSA) is 8.17 Å². The van der Waals surface area contributed by atoms with E-state index in [-0.39, 0.29) is 6.04 Å². The molecule has 0 saturated carbocycles. The Labute approximate surface area is 386 Å². The Kier molecular flexibility index (Phi) is 9.93. The van der Waals surface area contributed by atoms with Gasteiger partial charge in [-0.25, -0.2) is 0 Å². The van der Waals surface area contributed by atoms with Gasteiger partial charge in [0.05, 0.1) is 17.1 Å². The standard InChI is InChI=1S/C64H44N2/c1-5-17-45(18-6-1)48-31-36-56(37-32-48)65(57-38-33-49(34-39-57)54-42-52(46-19-7-2-8-20-46)41-53(43-54)47-21-9-3-10-22-47)58-27-15-24-51(44-58)59-29-16-30-62-63(59)61-40-35-50-23-13-14-28-60(50)64(61)66(62)55-25-11-4-12-26-55/h1-2,4-9,11-26,28-44,58H,27H2. The molecule has 11 aromatic rings. The van der Waals surface area contributed by atoms with Gasteiger partial charge in [0.2, 0.25) is 0 Å². The number of allylic oxidation sites excluding steroid dienone is 2. The van der Waals surface area contributed by atoms with E-state index < -0.39 is 0 Å². The van der Waals surface area contributed by atoms with Crippen molar-refractivity contribution in [3.63, 3.8) is 0 Å². The molecule has 1 atom stereocenters. The van der Waals surface area contributed by atoms with Gasteiger partial charge in [0.1, 0.15) is 0 Å². The second kappa shape index (κ2) is 16.8. The van der Waals surface area contributed by atoms with Crippen molar-refractivity contribution in [1.29, 1.82) is 0 Å². The molecule has 0 saturated heterocycles. The number of hydrogen-bond donors (Lipinski definition) is 0. The molecule has 0 N–H and O–H groups in total. The summed E-state index contributed by atoms with van der Waals surface area (Å²) in [5, 5.41) is 5.01.